The maximum Gasteiger partial charge on any atom is -0.00217 e. The van der Waals surface area contributed by atoms with Gasteiger partial charge in [-0.1, -0.05) is 37.6 Å². The Labute approximate surface area is 100 Å². The second-order valence-corrected chi connectivity index (χ2v) is 4.83. The van der Waals surface area contributed by atoms with Crippen molar-refractivity contribution in [1.82, 2.24) is 4.90 Å². The number of aryl methyl sites for hydroxylation is 2. The Balaban J connectivity index is 2.33. The molecule has 1 nitrogen and oxygen atoms in total. The van der Waals surface area contributed by atoms with Crippen molar-refractivity contribution in [2.45, 2.75) is 39.0 Å². The molecule has 0 N–H and O–H groups in total. The first-order valence-electron chi connectivity index (χ1n) is 6.45. The normalized spacial score (nSPS) is 11.0. The van der Waals surface area contributed by atoms with E-state index in [-0.39, 0.29) is 0 Å². The second kappa shape index (κ2) is 7.45. The van der Waals surface area contributed by atoms with E-state index in [9.17, 15) is 0 Å². The van der Waals surface area contributed by atoms with Gasteiger partial charge in [-0.2, -0.15) is 0 Å². The highest BCUT2D eigenvalue weighted by Crippen LogP contribution is 2.09. The van der Waals surface area contributed by atoms with Gasteiger partial charge in [-0.15, -0.1) is 0 Å². The third kappa shape index (κ3) is 5.32. The summed E-state index contributed by atoms with van der Waals surface area (Å²) in [7, 11) is 4.27. The minimum absolute atomic E-state index is 1.18. The molecule has 1 aromatic rings. The van der Waals surface area contributed by atoms with Crippen molar-refractivity contribution in [3.05, 3.63) is 35.4 Å². The lowest BCUT2D eigenvalue weighted by Gasteiger charge is -2.09. The summed E-state index contributed by atoms with van der Waals surface area (Å²) >= 11 is 0. The highest BCUT2D eigenvalue weighted by atomic mass is 15.0. The zero-order chi connectivity index (χ0) is 11.8. The van der Waals surface area contributed by atoms with Gasteiger partial charge in [0.25, 0.3) is 0 Å². The first-order valence-corrected chi connectivity index (χ1v) is 6.45. The molecule has 0 atom stereocenters. The third-order valence-corrected chi connectivity index (χ3v) is 2.91. The Morgan fingerprint density at radius 2 is 1.38 bits per heavy atom. The fraction of sp³-hybridized carbons (Fsp3) is 0.600. The molecular weight excluding hydrogens is 194 g/mol. The van der Waals surface area contributed by atoms with Crippen molar-refractivity contribution >= 4 is 0 Å². The fourth-order valence-corrected chi connectivity index (χ4v) is 1.85. The second-order valence-electron chi connectivity index (χ2n) is 4.83. The lowest BCUT2D eigenvalue weighted by molar-refractivity contribution is 0.400. The summed E-state index contributed by atoms with van der Waals surface area (Å²) in [6.45, 7) is 3.42. The molecule has 0 aromatic heterocycles. The molecule has 1 aromatic carbocycles. The van der Waals surface area contributed by atoms with Crippen LogP contribution in [-0.4, -0.2) is 25.5 Å². The molecule has 0 aliphatic carbocycles. The molecule has 0 bridgehead atoms. The van der Waals surface area contributed by atoms with Crippen LogP contribution in [0.25, 0.3) is 0 Å². The Kier molecular flexibility index (Phi) is 6.17. The molecule has 1 rings (SSSR count). The number of hydrogen-bond donors (Lipinski definition) is 0. The minimum Gasteiger partial charge on any atom is -0.309 e. The summed E-state index contributed by atoms with van der Waals surface area (Å²) < 4.78 is 0. The van der Waals surface area contributed by atoms with Crippen molar-refractivity contribution in [2.75, 3.05) is 20.6 Å². The van der Waals surface area contributed by atoms with E-state index < -0.39 is 0 Å². The molecule has 16 heavy (non-hydrogen) atoms. The zero-order valence-corrected chi connectivity index (χ0v) is 11.0. The monoisotopic (exact) mass is 219 g/mol. The predicted octanol–water partition coefficient (Wildman–Crippen LogP) is 3.52. The van der Waals surface area contributed by atoms with Gasteiger partial charge in [0, 0.05) is 0 Å². The van der Waals surface area contributed by atoms with Crippen LogP contribution < -0.4 is 0 Å². The van der Waals surface area contributed by atoms with Crippen LogP contribution in [-0.2, 0) is 12.8 Å². The average molecular weight is 219 g/mol. The van der Waals surface area contributed by atoms with Gasteiger partial charge in [0.15, 0.2) is 0 Å². The molecule has 1 heteroatoms. The molecular formula is C15H25N. The van der Waals surface area contributed by atoms with E-state index in [1.54, 1.807) is 0 Å². The quantitative estimate of drug-likeness (QED) is 0.678. The maximum atomic E-state index is 2.29. The van der Waals surface area contributed by atoms with Crippen molar-refractivity contribution in [2.24, 2.45) is 0 Å². The van der Waals surface area contributed by atoms with Crippen molar-refractivity contribution in [3.63, 3.8) is 0 Å². The molecule has 0 unspecified atom stereocenters. The van der Waals surface area contributed by atoms with Gasteiger partial charge in [-0.05, 0) is 57.5 Å². The fourth-order valence-electron chi connectivity index (χ4n) is 1.85. The van der Waals surface area contributed by atoms with Crippen molar-refractivity contribution in [3.8, 4) is 0 Å². The Morgan fingerprint density at radius 3 is 1.81 bits per heavy atom. The topological polar surface area (TPSA) is 3.24 Å². The smallest absolute Gasteiger partial charge is 0.00217 e. The molecule has 90 valence electrons. The molecule has 0 saturated carbocycles. The van der Waals surface area contributed by atoms with E-state index in [0.29, 0.717) is 0 Å². The number of nitrogens with zero attached hydrogens (tertiary/aromatic N) is 1. The number of rotatable bonds is 7. The van der Waals surface area contributed by atoms with E-state index in [1.807, 2.05) is 0 Å². The zero-order valence-electron chi connectivity index (χ0n) is 11.0. The van der Waals surface area contributed by atoms with Gasteiger partial charge < -0.3 is 4.90 Å². The summed E-state index contributed by atoms with van der Waals surface area (Å²) in [5.74, 6) is 0. The highest BCUT2D eigenvalue weighted by molar-refractivity contribution is 5.22. The first kappa shape index (κ1) is 13.2. The van der Waals surface area contributed by atoms with Gasteiger partial charge in [-0.25, -0.2) is 0 Å². The lowest BCUT2D eigenvalue weighted by Crippen LogP contribution is -2.13. The average Bonchev–Trinajstić information content (AvgIpc) is 2.27. The van der Waals surface area contributed by atoms with Gasteiger partial charge in [0.2, 0.25) is 0 Å². The van der Waals surface area contributed by atoms with Crippen LogP contribution in [0.2, 0.25) is 0 Å². The Hall–Kier alpha value is -0.820. The van der Waals surface area contributed by atoms with Crippen LogP contribution in [0.15, 0.2) is 24.3 Å². The van der Waals surface area contributed by atoms with E-state index in [0.717, 1.165) is 0 Å². The SMILES string of the molecule is CCCCc1ccc(CCCN(C)C)cc1. The summed E-state index contributed by atoms with van der Waals surface area (Å²) in [4.78, 5) is 2.25. The van der Waals surface area contributed by atoms with Crippen molar-refractivity contribution < 1.29 is 0 Å². The van der Waals surface area contributed by atoms with Gasteiger partial charge in [0.05, 0.1) is 0 Å². The molecule has 0 radical (unpaired) electrons. The summed E-state index contributed by atoms with van der Waals surface area (Å²) in [6.07, 6.45) is 6.27. The summed E-state index contributed by atoms with van der Waals surface area (Å²) in [6, 6.07) is 9.17. The number of unbranched alkanes of at least 4 members (excludes halogenated alkanes) is 1. The van der Waals surface area contributed by atoms with Crippen LogP contribution in [0.1, 0.15) is 37.3 Å². The van der Waals surface area contributed by atoms with Gasteiger partial charge in [0.1, 0.15) is 0 Å². The van der Waals surface area contributed by atoms with Gasteiger partial charge >= 0.3 is 0 Å². The highest BCUT2D eigenvalue weighted by Gasteiger charge is 1.96. The minimum atomic E-state index is 1.18. The largest absolute Gasteiger partial charge is 0.309 e. The van der Waals surface area contributed by atoms with E-state index in [1.165, 1.54) is 49.8 Å². The molecule has 0 aliphatic rings. The first-order chi connectivity index (χ1) is 7.72. The predicted molar refractivity (Wildman–Crippen MR) is 71.9 cm³/mol. The van der Waals surface area contributed by atoms with Crippen LogP contribution >= 0.6 is 0 Å². The van der Waals surface area contributed by atoms with Gasteiger partial charge in [-0.3, -0.25) is 0 Å². The van der Waals surface area contributed by atoms with Crippen LogP contribution in [0, 0.1) is 0 Å². The molecule has 0 spiro atoms. The molecule has 0 heterocycles. The molecule has 0 aliphatic heterocycles. The molecule has 0 amide bonds. The van der Waals surface area contributed by atoms with Crippen LogP contribution in [0.3, 0.4) is 0 Å². The lowest BCUT2D eigenvalue weighted by atomic mass is 10.0. The van der Waals surface area contributed by atoms with Crippen LogP contribution in [0.5, 0.6) is 0 Å². The third-order valence-electron chi connectivity index (χ3n) is 2.91. The van der Waals surface area contributed by atoms with E-state index >= 15 is 0 Å². The Bertz CT molecular complexity index is 274. The molecule has 0 fully saturated rings. The van der Waals surface area contributed by atoms with Crippen LogP contribution in [0.4, 0.5) is 0 Å². The summed E-state index contributed by atoms with van der Waals surface area (Å²) in [5, 5.41) is 0. The van der Waals surface area contributed by atoms with E-state index in [2.05, 4.69) is 50.2 Å². The number of benzene rings is 1. The maximum absolute atomic E-state index is 2.29. The standard InChI is InChI=1S/C15H25N/c1-4-5-7-14-9-11-15(12-10-14)8-6-13-16(2)3/h9-12H,4-8,13H2,1-3H3. The Morgan fingerprint density at radius 1 is 0.875 bits per heavy atom. The summed E-state index contributed by atoms with van der Waals surface area (Å²) in [5.41, 5.74) is 2.96. The molecule has 0 saturated heterocycles. The van der Waals surface area contributed by atoms with E-state index in [4.69, 9.17) is 0 Å². The van der Waals surface area contributed by atoms with Crippen molar-refractivity contribution in [1.29, 1.82) is 0 Å². The number of hydrogen-bond acceptors (Lipinski definition) is 1.